The molecule has 0 saturated heterocycles. The zero-order valence-corrected chi connectivity index (χ0v) is 15.7. The Bertz CT molecular complexity index is 810. The highest BCUT2D eigenvalue weighted by Crippen LogP contribution is 2.32. The van der Waals surface area contributed by atoms with Gasteiger partial charge in [0, 0.05) is 26.6 Å². The third-order valence-corrected chi connectivity index (χ3v) is 6.31. The molecular formula is C20H21NO2S2. The number of benzene rings is 2. The summed E-state index contributed by atoms with van der Waals surface area (Å²) in [5, 5.41) is 14.7. The van der Waals surface area contributed by atoms with Gasteiger partial charge >= 0.3 is 0 Å². The van der Waals surface area contributed by atoms with E-state index in [1.165, 1.54) is 0 Å². The number of nitrogens with one attached hydrogen (secondary N) is 1. The van der Waals surface area contributed by atoms with Crippen LogP contribution in [0.1, 0.15) is 18.2 Å². The van der Waals surface area contributed by atoms with Crippen molar-refractivity contribution in [2.75, 3.05) is 12.3 Å². The average Bonchev–Trinajstić information content (AvgIpc) is 3.06. The second-order valence-electron chi connectivity index (χ2n) is 6.11. The quantitative estimate of drug-likeness (QED) is 0.605. The van der Waals surface area contributed by atoms with Crippen LogP contribution in [0.5, 0.6) is 0 Å². The van der Waals surface area contributed by atoms with Gasteiger partial charge < -0.3 is 10.4 Å². The Kier molecular flexibility index (Phi) is 5.78. The van der Waals surface area contributed by atoms with E-state index >= 15 is 0 Å². The molecule has 3 aromatic rings. The van der Waals surface area contributed by atoms with Gasteiger partial charge in [0.25, 0.3) is 0 Å². The van der Waals surface area contributed by atoms with Gasteiger partial charge in [-0.1, -0.05) is 36.4 Å². The number of rotatable bonds is 7. The van der Waals surface area contributed by atoms with Crippen molar-refractivity contribution in [3.63, 3.8) is 0 Å². The Morgan fingerprint density at radius 1 is 1.16 bits per heavy atom. The summed E-state index contributed by atoms with van der Waals surface area (Å²) in [5.74, 6) is 0.686. The molecule has 1 heterocycles. The molecule has 0 aliphatic rings. The minimum absolute atomic E-state index is 0.0372. The van der Waals surface area contributed by atoms with Crippen LogP contribution in [0.25, 0.3) is 10.1 Å². The number of thioether (sulfide) groups is 1. The highest BCUT2D eigenvalue weighted by molar-refractivity contribution is 7.99. The molecule has 2 N–H and O–H groups in total. The number of carbonyl (C=O) groups excluding carboxylic acids is 1. The molecule has 0 radical (unpaired) electrons. The number of aliphatic hydroxyl groups is 1. The predicted octanol–water partition coefficient (Wildman–Crippen LogP) is 4.41. The molecule has 5 heteroatoms. The summed E-state index contributed by atoms with van der Waals surface area (Å²) in [7, 11) is 0. The van der Waals surface area contributed by atoms with E-state index in [1.54, 1.807) is 30.0 Å². The van der Waals surface area contributed by atoms with Crippen LogP contribution >= 0.6 is 23.1 Å². The molecular weight excluding hydrogens is 350 g/mol. The minimum Gasteiger partial charge on any atom is -0.383 e. The van der Waals surface area contributed by atoms with Crippen LogP contribution in [0.2, 0.25) is 0 Å². The maximum atomic E-state index is 12.1. The van der Waals surface area contributed by atoms with Crippen molar-refractivity contribution < 1.29 is 9.90 Å². The number of amides is 1. The van der Waals surface area contributed by atoms with Crippen LogP contribution in [0.3, 0.4) is 0 Å². The van der Waals surface area contributed by atoms with Gasteiger partial charge in [-0.25, -0.2) is 0 Å². The van der Waals surface area contributed by atoms with Crippen LogP contribution in [0.4, 0.5) is 0 Å². The molecule has 0 spiro atoms. The van der Waals surface area contributed by atoms with Crippen molar-refractivity contribution >= 4 is 39.1 Å². The number of hydrogen-bond donors (Lipinski definition) is 2. The van der Waals surface area contributed by atoms with Gasteiger partial charge in [0.05, 0.1) is 6.54 Å². The second-order valence-corrected chi connectivity index (χ2v) is 8.36. The van der Waals surface area contributed by atoms with Crippen LogP contribution in [-0.4, -0.2) is 23.3 Å². The summed E-state index contributed by atoms with van der Waals surface area (Å²) in [5.41, 5.74) is -1.06. The highest BCUT2D eigenvalue weighted by Gasteiger charge is 2.26. The Hall–Kier alpha value is -1.82. The lowest BCUT2D eigenvalue weighted by atomic mass is 10.0. The second kappa shape index (κ2) is 8.04. The zero-order valence-electron chi connectivity index (χ0n) is 14.1. The number of fused-ring (bicyclic) bond motifs is 1. The van der Waals surface area contributed by atoms with E-state index < -0.39 is 5.60 Å². The van der Waals surface area contributed by atoms with E-state index in [1.807, 2.05) is 60.7 Å². The van der Waals surface area contributed by atoms with Gasteiger partial charge in [0.15, 0.2) is 0 Å². The standard InChI is InChI=1S/C20H21NO2S2/c1-20(23,18-13-15-7-5-6-10-17(15)25-18)14-21-19(22)11-12-24-16-8-3-2-4-9-16/h2-10,13,23H,11-12,14H2,1H3,(H,21,22). The van der Waals surface area contributed by atoms with Crippen LogP contribution in [0, 0.1) is 0 Å². The smallest absolute Gasteiger partial charge is 0.220 e. The van der Waals surface area contributed by atoms with Crippen LogP contribution in [-0.2, 0) is 10.4 Å². The molecule has 25 heavy (non-hydrogen) atoms. The Morgan fingerprint density at radius 2 is 1.88 bits per heavy atom. The van der Waals surface area contributed by atoms with Crippen molar-refractivity contribution in [3.05, 3.63) is 65.5 Å². The van der Waals surface area contributed by atoms with E-state index in [9.17, 15) is 9.90 Å². The van der Waals surface area contributed by atoms with Gasteiger partial charge in [-0.2, -0.15) is 0 Å². The SMILES string of the molecule is CC(O)(CNC(=O)CCSc1ccccc1)c1cc2ccccc2s1. The van der Waals surface area contributed by atoms with Crippen molar-refractivity contribution in [1.29, 1.82) is 0 Å². The van der Waals surface area contributed by atoms with Gasteiger partial charge in [-0.3, -0.25) is 4.79 Å². The summed E-state index contributed by atoms with van der Waals surface area (Å²) < 4.78 is 1.14. The zero-order chi connectivity index (χ0) is 17.7. The first-order chi connectivity index (χ1) is 12.0. The molecule has 0 aliphatic carbocycles. The molecule has 0 aliphatic heterocycles. The average molecular weight is 372 g/mol. The molecule has 0 saturated carbocycles. The molecule has 3 nitrogen and oxygen atoms in total. The van der Waals surface area contributed by atoms with Crippen LogP contribution < -0.4 is 5.32 Å². The number of thiophene rings is 1. The lowest BCUT2D eigenvalue weighted by Gasteiger charge is -2.22. The molecule has 130 valence electrons. The van der Waals surface area contributed by atoms with E-state index in [0.29, 0.717) is 6.42 Å². The van der Waals surface area contributed by atoms with Crippen molar-refractivity contribution in [1.82, 2.24) is 5.32 Å². The molecule has 3 rings (SSSR count). The predicted molar refractivity (Wildman–Crippen MR) is 106 cm³/mol. The Balaban J connectivity index is 1.50. The normalized spacial score (nSPS) is 13.5. The van der Waals surface area contributed by atoms with Crippen LogP contribution in [0.15, 0.2) is 65.6 Å². The molecule has 1 unspecified atom stereocenters. The fourth-order valence-electron chi connectivity index (χ4n) is 2.47. The monoisotopic (exact) mass is 371 g/mol. The molecule has 1 atom stereocenters. The highest BCUT2D eigenvalue weighted by atomic mass is 32.2. The molecule has 1 amide bonds. The summed E-state index contributed by atoms with van der Waals surface area (Å²) in [6.07, 6.45) is 0.433. The van der Waals surface area contributed by atoms with E-state index in [0.717, 1.165) is 25.6 Å². The number of hydrogen-bond acceptors (Lipinski definition) is 4. The third-order valence-electron chi connectivity index (χ3n) is 3.93. The third kappa shape index (κ3) is 4.84. The summed E-state index contributed by atoms with van der Waals surface area (Å²) in [6.45, 7) is 1.96. The van der Waals surface area contributed by atoms with Crippen molar-refractivity contribution in [2.45, 2.75) is 23.8 Å². The Morgan fingerprint density at radius 3 is 2.64 bits per heavy atom. The lowest BCUT2D eigenvalue weighted by molar-refractivity contribution is -0.121. The summed E-state index contributed by atoms with van der Waals surface area (Å²) >= 11 is 3.23. The van der Waals surface area contributed by atoms with Gasteiger partial charge in [-0.15, -0.1) is 23.1 Å². The molecule has 2 aromatic carbocycles. The fraction of sp³-hybridized carbons (Fsp3) is 0.250. The summed E-state index contributed by atoms with van der Waals surface area (Å²) in [4.78, 5) is 14.1. The van der Waals surface area contributed by atoms with Crippen molar-refractivity contribution in [2.24, 2.45) is 0 Å². The number of carbonyl (C=O) groups is 1. The summed E-state index contributed by atoms with van der Waals surface area (Å²) in [6, 6.07) is 20.1. The minimum atomic E-state index is -1.06. The van der Waals surface area contributed by atoms with Gasteiger partial charge in [0.2, 0.25) is 5.91 Å². The molecule has 1 aromatic heterocycles. The van der Waals surface area contributed by atoms with E-state index in [2.05, 4.69) is 5.32 Å². The first-order valence-corrected chi connectivity index (χ1v) is 10.0. The first-order valence-electron chi connectivity index (χ1n) is 8.20. The lowest BCUT2D eigenvalue weighted by Crippen LogP contribution is -2.38. The largest absolute Gasteiger partial charge is 0.383 e. The van der Waals surface area contributed by atoms with Gasteiger partial charge in [0.1, 0.15) is 5.60 Å². The molecule has 0 bridgehead atoms. The topological polar surface area (TPSA) is 49.3 Å². The van der Waals surface area contributed by atoms with Gasteiger partial charge in [-0.05, 0) is 36.6 Å². The van der Waals surface area contributed by atoms with E-state index in [4.69, 9.17) is 0 Å². The van der Waals surface area contributed by atoms with E-state index in [-0.39, 0.29) is 12.5 Å². The Labute approximate surface area is 156 Å². The fourth-order valence-corrected chi connectivity index (χ4v) is 4.45. The maximum absolute atomic E-state index is 12.1. The molecule has 0 fully saturated rings. The maximum Gasteiger partial charge on any atom is 0.220 e. The first kappa shape index (κ1) is 18.0. The van der Waals surface area contributed by atoms with Crippen molar-refractivity contribution in [3.8, 4) is 0 Å².